The summed E-state index contributed by atoms with van der Waals surface area (Å²) in [4.78, 5) is 37.2. The van der Waals surface area contributed by atoms with Crippen LogP contribution in [0.25, 0.3) is 0 Å². The second-order valence-electron chi connectivity index (χ2n) is 9.89. The van der Waals surface area contributed by atoms with Gasteiger partial charge in [-0.15, -0.1) is 0 Å². The smallest absolute Gasteiger partial charge is 0.252 e. The molecule has 5 atom stereocenters. The maximum absolute atomic E-state index is 12.9. The highest BCUT2D eigenvalue weighted by molar-refractivity contribution is 5.91. The van der Waals surface area contributed by atoms with Crippen LogP contribution in [0.4, 0.5) is 0 Å². The second kappa shape index (κ2) is 10.5. The third-order valence-electron chi connectivity index (χ3n) is 5.62. The van der Waals surface area contributed by atoms with E-state index in [1.54, 1.807) is 24.3 Å². The minimum absolute atomic E-state index is 0.0814. The molecule has 0 spiro atoms. The summed E-state index contributed by atoms with van der Waals surface area (Å²) in [6, 6.07) is 4.67. The highest BCUT2D eigenvalue weighted by Crippen LogP contribution is 2.30. The Hall–Kier alpha value is -2.69. The summed E-state index contributed by atoms with van der Waals surface area (Å²) in [5, 5.41) is 36.6. The van der Waals surface area contributed by atoms with Gasteiger partial charge in [-0.25, -0.2) is 0 Å². The van der Waals surface area contributed by atoms with Crippen molar-refractivity contribution in [2.24, 2.45) is 11.1 Å². The van der Waals surface area contributed by atoms with Crippen LogP contribution in [0, 0.1) is 5.41 Å². The lowest BCUT2D eigenvalue weighted by atomic mass is 9.77. The Morgan fingerprint density at radius 2 is 1.79 bits per heavy atom. The first kappa shape index (κ1) is 26.6. The molecular weight excluding hydrogens is 430 g/mol. The van der Waals surface area contributed by atoms with Gasteiger partial charge in [-0.2, -0.15) is 0 Å². The van der Waals surface area contributed by atoms with Crippen molar-refractivity contribution in [1.29, 1.82) is 0 Å². The summed E-state index contributed by atoms with van der Waals surface area (Å²) < 4.78 is 5.09. The molecule has 33 heavy (non-hydrogen) atoms. The molecule has 0 heterocycles. The van der Waals surface area contributed by atoms with E-state index in [0.717, 1.165) is 0 Å². The Labute approximate surface area is 193 Å². The predicted octanol–water partition coefficient (Wildman–Crippen LogP) is -0.624. The summed E-state index contributed by atoms with van der Waals surface area (Å²) in [5.41, 5.74) is 3.73. The lowest BCUT2D eigenvalue weighted by Crippen LogP contribution is -2.64. The Kier molecular flexibility index (Phi) is 8.45. The monoisotopic (exact) mass is 465 g/mol. The summed E-state index contributed by atoms with van der Waals surface area (Å²) in [5.74, 6) is -1.46. The third kappa shape index (κ3) is 7.41. The normalized spacial score (nSPS) is 26.2. The quantitative estimate of drug-likeness (QED) is 0.297. The number of carbonyl (C=O) groups excluding carboxylic acids is 3. The standard InChI is InChI=1S/C23H35N3O7/c1-22(2,3)12-18(28)25-16-10-23(32,11-17(27)19(16)29)21(31)26-15(20(24)30)9-13-5-7-14(33-4)8-6-13/h5-8,15-17,19,27,29,32H,9-12H2,1-4H3,(H2,24,30)(H,25,28)(H,26,31)/t15-,16+,17+,19+,23-/m0/s1. The van der Waals surface area contributed by atoms with Gasteiger partial charge in [0.15, 0.2) is 0 Å². The van der Waals surface area contributed by atoms with Crippen molar-refractivity contribution >= 4 is 17.7 Å². The fourth-order valence-corrected chi connectivity index (χ4v) is 3.88. The third-order valence-corrected chi connectivity index (χ3v) is 5.62. The van der Waals surface area contributed by atoms with Gasteiger partial charge in [0.25, 0.3) is 5.91 Å². The van der Waals surface area contributed by atoms with Gasteiger partial charge in [-0.1, -0.05) is 32.9 Å². The first-order valence-corrected chi connectivity index (χ1v) is 10.8. The van der Waals surface area contributed by atoms with E-state index in [0.29, 0.717) is 11.3 Å². The van der Waals surface area contributed by atoms with Crippen molar-refractivity contribution in [2.75, 3.05) is 7.11 Å². The zero-order valence-corrected chi connectivity index (χ0v) is 19.5. The van der Waals surface area contributed by atoms with E-state index in [1.165, 1.54) is 7.11 Å². The maximum Gasteiger partial charge on any atom is 0.252 e. The molecule has 1 fully saturated rings. The number of aliphatic hydroxyl groups excluding tert-OH is 2. The topological polar surface area (TPSA) is 171 Å². The molecule has 1 saturated carbocycles. The summed E-state index contributed by atoms with van der Waals surface area (Å²) in [6.45, 7) is 5.61. The molecule has 0 saturated heterocycles. The molecule has 1 aliphatic carbocycles. The minimum atomic E-state index is -2.12. The van der Waals surface area contributed by atoms with Crippen molar-refractivity contribution in [2.45, 2.75) is 76.3 Å². The van der Waals surface area contributed by atoms with Crippen LogP contribution in [-0.4, -0.2) is 70.0 Å². The molecule has 7 N–H and O–H groups in total. The molecule has 0 aliphatic heterocycles. The molecule has 0 aromatic heterocycles. The number of nitrogens with one attached hydrogen (secondary N) is 2. The molecule has 1 aromatic carbocycles. The first-order chi connectivity index (χ1) is 15.2. The molecule has 2 rings (SSSR count). The molecule has 1 aliphatic rings. The SMILES string of the molecule is COc1ccc(C[C@H](NC(=O)[C@@]2(O)C[C@@H](O)[C@H](O)[C@H](NC(=O)CC(C)(C)C)C2)C(N)=O)cc1. The molecule has 10 nitrogen and oxygen atoms in total. The molecule has 3 amide bonds. The number of methoxy groups -OCH3 is 1. The van der Waals surface area contributed by atoms with Crippen LogP contribution in [0.3, 0.4) is 0 Å². The molecule has 0 bridgehead atoms. The van der Waals surface area contributed by atoms with Crippen molar-refractivity contribution in [3.63, 3.8) is 0 Å². The van der Waals surface area contributed by atoms with Gasteiger partial charge in [0.2, 0.25) is 11.8 Å². The van der Waals surface area contributed by atoms with Crippen LogP contribution < -0.4 is 21.1 Å². The van der Waals surface area contributed by atoms with E-state index in [1.807, 2.05) is 20.8 Å². The summed E-state index contributed by atoms with van der Waals surface area (Å²) >= 11 is 0. The Morgan fingerprint density at radius 3 is 2.30 bits per heavy atom. The minimum Gasteiger partial charge on any atom is -0.497 e. The number of hydrogen-bond acceptors (Lipinski definition) is 7. The number of aliphatic hydroxyl groups is 3. The average molecular weight is 466 g/mol. The highest BCUT2D eigenvalue weighted by Gasteiger charge is 2.49. The lowest BCUT2D eigenvalue weighted by molar-refractivity contribution is -0.160. The van der Waals surface area contributed by atoms with Gasteiger partial charge >= 0.3 is 0 Å². The molecule has 0 radical (unpaired) electrons. The molecule has 1 aromatic rings. The zero-order chi connectivity index (χ0) is 25.0. The van der Waals surface area contributed by atoms with Crippen molar-refractivity contribution < 1.29 is 34.4 Å². The van der Waals surface area contributed by atoms with Gasteiger partial charge < -0.3 is 36.4 Å². The Balaban J connectivity index is 2.12. The maximum atomic E-state index is 12.9. The fraction of sp³-hybridized carbons (Fsp3) is 0.609. The number of amides is 3. The van der Waals surface area contributed by atoms with E-state index in [-0.39, 0.29) is 30.6 Å². The van der Waals surface area contributed by atoms with Gasteiger partial charge in [-0.05, 0) is 23.1 Å². The lowest BCUT2D eigenvalue weighted by Gasteiger charge is -2.42. The fourth-order valence-electron chi connectivity index (χ4n) is 3.88. The predicted molar refractivity (Wildman–Crippen MR) is 120 cm³/mol. The van der Waals surface area contributed by atoms with Crippen LogP contribution in [0.2, 0.25) is 0 Å². The second-order valence-corrected chi connectivity index (χ2v) is 9.89. The molecule has 0 unspecified atom stereocenters. The number of primary amides is 1. The molecular formula is C23H35N3O7. The first-order valence-electron chi connectivity index (χ1n) is 10.8. The van der Waals surface area contributed by atoms with Crippen LogP contribution in [0.15, 0.2) is 24.3 Å². The van der Waals surface area contributed by atoms with E-state index < -0.39 is 48.1 Å². The number of hydrogen-bond donors (Lipinski definition) is 6. The Bertz CT molecular complexity index is 853. The largest absolute Gasteiger partial charge is 0.497 e. The number of rotatable bonds is 8. The zero-order valence-electron chi connectivity index (χ0n) is 19.5. The average Bonchev–Trinajstić information content (AvgIpc) is 2.70. The molecule has 10 heteroatoms. The number of benzene rings is 1. The van der Waals surface area contributed by atoms with E-state index >= 15 is 0 Å². The van der Waals surface area contributed by atoms with Crippen LogP contribution in [0.5, 0.6) is 5.75 Å². The van der Waals surface area contributed by atoms with Crippen molar-refractivity contribution in [1.82, 2.24) is 10.6 Å². The highest BCUT2D eigenvalue weighted by atomic mass is 16.5. The van der Waals surface area contributed by atoms with Crippen LogP contribution in [0.1, 0.15) is 45.6 Å². The van der Waals surface area contributed by atoms with Crippen LogP contribution in [-0.2, 0) is 20.8 Å². The molecule has 184 valence electrons. The van der Waals surface area contributed by atoms with Gasteiger partial charge in [0.05, 0.1) is 19.3 Å². The number of ether oxygens (including phenoxy) is 1. The van der Waals surface area contributed by atoms with Gasteiger partial charge in [-0.3, -0.25) is 14.4 Å². The summed E-state index contributed by atoms with van der Waals surface area (Å²) in [7, 11) is 1.52. The Morgan fingerprint density at radius 1 is 1.18 bits per heavy atom. The van der Waals surface area contributed by atoms with Crippen LogP contribution >= 0.6 is 0 Å². The van der Waals surface area contributed by atoms with E-state index in [2.05, 4.69) is 10.6 Å². The number of nitrogens with two attached hydrogens (primary N) is 1. The van der Waals surface area contributed by atoms with E-state index in [9.17, 15) is 29.7 Å². The van der Waals surface area contributed by atoms with Crippen molar-refractivity contribution in [3.05, 3.63) is 29.8 Å². The van der Waals surface area contributed by atoms with Gasteiger partial charge in [0.1, 0.15) is 23.5 Å². The van der Waals surface area contributed by atoms with Gasteiger partial charge in [0, 0.05) is 25.7 Å². The summed E-state index contributed by atoms with van der Waals surface area (Å²) in [6.07, 6.45) is -3.36. The number of carbonyl (C=O) groups is 3. The van der Waals surface area contributed by atoms with Crippen molar-refractivity contribution in [3.8, 4) is 5.75 Å². The van der Waals surface area contributed by atoms with E-state index in [4.69, 9.17) is 10.5 Å².